The Labute approximate surface area is 83.5 Å². The first-order valence-electron chi connectivity index (χ1n) is 0. The van der Waals surface area contributed by atoms with Gasteiger partial charge in [-0.2, -0.15) is 0 Å². The van der Waals surface area contributed by atoms with Crippen LogP contribution in [0.4, 0.5) is 0 Å². The summed E-state index contributed by atoms with van der Waals surface area (Å²) >= 11 is 0. The first-order chi connectivity index (χ1) is 0. The van der Waals surface area contributed by atoms with E-state index in [1.54, 1.807) is 0 Å². The van der Waals surface area contributed by atoms with Gasteiger partial charge in [0.25, 0.3) is 0 Å². The second-order valence-electron chi connectivity index (χ2n) is 0. The quantitative estimate of drug-likeness (QED) is 0.283. The Kier molecular flexibility index (Phi) is 140. The second-order valence-corrected chi connectivity index (χ2v) is 0. The van der Waals surface area contributed by atoms with E-state index in [-0.39, 0.29) is 85.2 Å². The minimum absolute atomic E-state index is 0. The zero-order valence-corrected chi connectivity index (χ0v) is 4.63. The summed E-state index contributed by atoms with van der Waals surface area (Å²) in [5, 5.41) is 0. The van der Waals surface area contributed by atoms with Gasteiger partial charge < -0.3 is 17.9 Å². The van der Waals surface area contributed by atoms with Gasteiger partial charge in [0.2, 0.25) is 0 Å². The van der Waals surface area contributed by atoms with Crippen molar-refractivity contribution < 1.29 is 47.4 Å². The van der Waals surface area contributed by atoms with Crippen LogP contribution in [0.3, 0.4) is 0 Å². The summed E-state index contributed by atoms with van der Waals surface area (Å²) in [5.74, 6) is 0. The van der Waals surface area contributed by atoms with Crippen molar-refractivity contribution in [2.45, 2.75) is 0 Å². The molecule has 0 fully saturated rings. The average molecular weight is 119 g/mol. The van der Waals surface area contributed by atoms with Gasteiger partial charge in [-0.15, -0.1) is 0 Å². The van der Waals surface area contributed by atoms with E-state index in [2.05, 4.69) is 0 Å². The second kappa shape index (κ2) is 17.8. The summed E-state index contributed by atoms with van der Waals surface area (Å²) < 4.78 is 0. The van der Waals surface area contributed by atoms with Crippen molar-refractivity contribution in [1.29, 1.82) is 0 Å². The Morgan fingerprint density at radius 2 is 1.00 bits per heavy atom. The van der Waals surface area contributed by atoms with E-state index in [4.69, 9.17) is 0 Å². The predicted octanol–water partition coefficient (Wildman–Crippen LogP) is -7.73. The van der Waals surface area contributed by atoms with E-state index >= 15 is 0 Å². The molecule has 0 radical (unpaired) electrons. The zero-order chi connectivity index (χ0) is 0. The van der Waals surface area contributed by atoms with Gasteiger partial charge in [-0.05, 0) is 0 Å². The first kappa shape index (κ1) is 31.4. The van der Waals surface area contributed by atoms with Crippen LogP contribution >= 0.6 is 0 Å². The van der Waals surface area contributed by atoms with Crippen LogP contribution in [0.15, 0.2) is 0 Å². The van der Waals surface area contributed by atoms with E-state index in [1.807, 2.05) is 0 Å². The van der Waals surface area contributed by atoms with Crippen LogP contribution in [0.1, 0.15) is 0 Å². The Hall–Kier alpha value is 2.51. The van der Waals surface area contributed by atoms with Crippen LogP contribution in [-0.4, -0.2) is 43.2 Å². The standard InChI is InChI=1S/Ca.ClH.Na.H2O.2H/h;1H;;1H2;;/q;;+1;;;/p-1. The molecule has 0 heterocycles. The van der Waals surface area contributed by atoms with Gasteiger partial charge in [-0.1, -0.05) is 0 Å². The molecule has 0 saturated carbocycles. The molecule has 1 nitrogen and oxygen atoms in total. The molecule has 0 aromatic rings. The van der Waals surface area contributed by atoms with Gasteiger partial charge in [-0.3, -0.25) is 0 Å². The Balaban J connectivity index is 0. The van der Waals surface area contributed by atoms with Crippen LogP contribution < -0.4 is 42.0 Å². The Morgan fingerprint density at radius 1 is 1.00 bits per heavy atom. The molecule has 4 heteroatoms. The molecule has 0 aromatic heterocycles. The fourth-order valence-electron chi connectivity index (χ4n) is 0. The third kappa shape index (κ3) is 8.82. The maximum Gasteiger partial charge on any atom is 1.00 e. The molecular weight excluding hydrogens is 115 g/mol. The summed E-state index contributed by atoms with van der Waals surface area (Å²) in [6.45, 7) is 0. The summed E-state index contributed by atoms with van der Waals surface area (Å²) in [6, 6.07) is 0. The largest absolute Gasteiger partial charge is 1.00 e. The van der Waals surface area contributed by atoms with Gasteiger partial charge in [0.15, 0.2) is 0 Å². The molecule has 2 N–H and O–H groups in total. The minimum Gasteiger partial charge on any atom is -1.00 e. The third-order valence-electron chi connectivity index (χ3n) is 0. The predicted molar refractivity (Wildman–Crippen MR) is 12.2 cm³/mol. The van der Waals surface area contributed by atoms with Gasteiger partial charge in [0, 0.05) is 0 Å². The maximum atomic E-state index is 0. The van der Waals surface area contributed by atoms with E-state index in [0.29, 0.717) is 0 Å². The molecule has 4 heavy (non-hydrogen) atoms. The summed E-state index contributed by atoms with van der Waals surface area (Å²) in [4.78, 5) is 0. The molecule has 0 unspecified atom stereocenters. The number of rotatable bonds is 0. The molecule has 20 valence electrons. The average Bonchev–Trinajstić information content (AvgIpc) is 0. The van der Waals surface area contributed by atoms with Crippen LogP contribution in [-0.2, 0) is 0 Å². The fraction of sp³-hybridized carbons (Fsp3) is 0. The summed E-state index contributed by atoms with van der Waals surface area (Å²) in [7, 11) is 0. The van der Waals surface area contributed by atoms with Crippen LogP contribution in [0.25, 0.3) is 0 Å². The Bertz CT molecular complexity index is 8.00. The smallest absolute Gasteiger partial charge is 1.00 e. The molecule has 0 aliphatic heterocycles. The molecule has 0 aliphatic carbocycles. The van der Waals surface area contributed by atoms with E-state index < -0.39 is 0 Å². The first-order valence-corrected chi connectivity index (χ1v) is 0. The SMILES string of the molecule is O.[CaH2].[Cl-].[Na+]. The molecule has 0 amide bonds. The maximum absolute atomic E-state index is 0. The topological polar surface area (TPSA) is 31.5 Å². The van der Waals surface area contributed by atoms with Gasteiger partial charge in [0.05, 0.1) is 0 Å². The number of hydrogen-bond donors (Lipinski definition) is 0. The van der Waals surface area contributed by atoms with Crippen molar-refractivity contribution in [3.05, 3.63) is 0 Å². The van der Waals surface area contributed by atoms with Crippen molar-refractivity contribution in [2.75, 3.05) is 0 Å². The van der Waals surface area contributed by atoms with E-state index in [0.717, 1.165) is 0 Å². The molecule has 0 saturated heterocycles. The van der Waals surface area contributed by atoms with Gasteiger partial charge in [0.1, 0.15) is 0 Å². The van der Waals surface area contributed by atoms with Gasteiger partial charge >= 0.3 is 67.3 Å². The van der Waals surface area contributed by atoms with Crippen molar-refractivity contribution in [1.82, 2.24) is 0 Å². The van der Waals surface area contributed by atoms with Crippen LogP contribution in [0.5, 0.6) is 0 Å². The summed E-state index contributed by atoms with van der Waals surface area (Å²) in [5.41, 5.74) is 0. The van der Waals surface area contributed by atoms with Crippen LogP contribution in [0.2, 0.25) is 0 Å². The van der Waals surface area contributed by atoms with Crippen molar-refractivity contribution in [3.63, 3.8) is 0 Å². The van der Waals surface area contributed by atoms with Crippen molar-refractivity contribution in [3.8, 4) is 0 Å². The normalized spacial score (nSPS) is 0. The molecule has 0 aromatic carbocycles. The molecule has 0 rings (SSSR count). The van der Waals surface area contributed by atoms with Crippen LogP contribution in [0, 0.1) is 0 Å². The van der Waals surface area contributed by atoms with Crippen molar-refractivity contribution >= 4 is 37.7 Å². The minimum atomic E-state index is 0. The fourth-order valence-corrected chi connectivity index (χ4v) is 0. The monoisotopic (exact) mass is 118 g/mol. The third-order valence-corrected chi connectivity index (χ3v) is 0. The van der Waals surface area contributed by atoms with Crippen molar-refractivity contribution in [2.24, 2.45) is 0 Å². The number of halogens is 1. The zero-order valence-electron chi connectivity index (χ0n) is 1.88. The molecule has 0 aliphatic rings. The number of hydrogen-bond acceptors (Lipinski definition) is 0. The molecule has 0 bridgehead atoms. The molecular formula is H4CaClNaO. The van der Waals surface area contributed by atoms with E-state index in [1.165, 1.54) is 0 Å². The van der Waals surface area contributed by atoms with E-state index in [9.17, 15) is 0 Å². The molecule has 0 atom stereocenters. The van der Waals surface area contributed by atoms with Gasteiger partial charge in [-0.25, -0.2) is 0 Å². The summed E-state index contributed by atoms with van der Waals surface area (Å²) in [6.07, 6.45) is 0. The Morgan fingerprint density at radius 3 is 1.00 bits per heavy atom. The molecule has 0 spiro atoms.